The van der Waals surface area contributed by atoms with Crippen LogP contribution in [0.15, 0.2) is 18.8 Å². The van der Waals surface area contributed by atoms with E-state index in [0.29, 0.717) is 7.16 Å². The Hall–Kier alpha value is 0.0800. The summed E-state index contributed by atoms with van der Waals surface area (Å²) in [6.07, 6.45) is 1.60. The molecule has 0 aromatic carbocycles. The van der Waals surface area contributed by atoms with Crippen LogP contribution < -0.4 is 10.6 Å². The summed E-state index contributed by atoms with van der Waals surface area (Å²) in [6.45, 7) is 1.29. The van der Waals surface area contributed by atoms with Crippen LogP contribution in [0.1, 0.15) is 6.92 Å². The van der Waals surface area contributed by atoms with Crippen molar-refractivity contribution in [3.05, 3.63) is 18.8 Å². The topological polar surface area (TPSA) is 95.5 Å². The maximum atomic E-state index is 12.3. The summed E-state index contributed by atoms with van der Waals surface area (Å²) < 4.78 is 0.396. The molecular formula is C11H11I3N2O4. The molecule has 1 aliphatic rings. The average molecular weight is 616 g/mol. The highest BCUT2D eigenvalue weighted by molar-refractivity contribution is 14.1. The maximum absolute atomic E-state index is 12.3. The van der Waals surface area contributed by atoms with Crippen molar-refractivity contribution in [3.8, 4) is 0 Å². The van der Waals surface area contributed by atoms with Crippen molar-refractivity contribution >= 4 is 85.6 Å². The molecule has 0 bridgehead atoms. The number of halogens is 3. The molecule has 2 unspecified atom stereocenters. The van der Waals surface area contributed by atoms with E-state index in [-0.39, 0.29) is 5.57 Å². The van der Waals surface area contributed by atoms with Crippen LogP contribution in [0.2, 0.25) is 0 Å². The van der Waals surface area contributed by atoms with E-state index in [9.17, 15) is 19.5 Å². The lowest BCUT2D eigenvalue weighted by Gasteiger charge is -2.39. The number of carbonyl (C=O) groups excluding carboxylic acids is 2. The Bertz CT molecular complexity index is 544. The van der Waals surface area contributed by atoms with Gasteiger partial charge >= 0.3 is 5.97 Å². The lowest BCUT2D eigenvalue weighted by molar-refractivity contribution is -0.134. The molecule has 0 fully saturated rings. The van der Waals surface area contributed by atoms with Gasteiger partial charge in [0.1, 0.15) is 0 Å². The molecule has 9 heteroatoms. The summed E-state index contributed by atoms with van der Waals surface area (Å²) in [5.74, 6) is -1.96. The molecule has 2 atom stereocenters. The third-order valence-corrected chi connectivity index (χ3v) is 6.32. The number of nitrogens with one attached hydrogen (secondary N) is 2. The molecule has 1 aliphatic carbocycles. The molecule has 0 aliphatic heterocycles. The molecule has 0 radical (unpaired) electrons. The molecule has 1 rings (SSSR count). The minimum atomic E-state index is -1.40. The third-order valence-electron chi connectivity index (χ3n) is 2.71. The van der Waals surface area contributed by atoms with Gasteiger partial charge in [0, 0.05) is 21.1 Å². The fourth-order valence-electron chi connectivity index (χ4n) is 1.85. The van der Waals surface area contributed by atoms with Gasteiger partial charge < -0.3 is 15.7 Å². The highest BCUT2D eigenvalue weighted by atomic mass is 127. The maximum Gasteiger partial charge on any atom is 0.333 e. The van der Waals surface area contributed by atoms with E-state index in [0.717, 1.165) is 0 Å². The van der Waals surface area contributed by atoms with Gasteiger partial charge in [-0.25, -0.2) is 4.79 Å². The van der Waals surface area contributed by atoms with Gasteiger partial charge in [0.25, 0.3) is 5.91 Å². The number of rotatable bonds is 3. The minimum absolute atomic E-state index is 0.101. The second kappa shape index (κ2) is 6.89. The SMILES string of the molecule is CNC(=O)C1(NC(C)=O)C(I)=CC(I)=C(C(=O)O)C1I. The number of amides is 2. The number of carbonyl (C=O) groups is 3. The first-order valence-electron chi connectivity index (χ1n) is 5.34. The van der Waals surface area contributed by atoms with Crippen LogP contribution in [0.3, 0.4) is 0 Å². The van der Waals surface area contributed by atoms with Gasteiger partial charge in [-0.1, -0.05) is 22.6 Å². The largest absolute Gasteiger partial charge is 0.478 e. The zero-order valence-electron chi connectivity index (χ0n) is 10.5. The Morgan fingerprint density at radius 3 is 2.30 bits per heavy atom. The van der Waals surface area contributed by atoms with Crippen LogP contribution >= 0.6 is 67.8 Å². The Morgan fingerprint density at radius 2 is 1.90 bits per heavy atom. The average Bonchev–Trinajstić information content (AvgIpc) is 2.32. The number of carboxylic acid groups (broad SMARTS) is 1. The van der Waals surface area contributed by atoms with Gasteiger partial charge in [-0.15, -0.1) is 0 Å². The first-order chi connectivity index (χ1) is 9.18. The zero-order valence-corrected chi connectivity index (χ0v) is 16.9. The molecule has 0 spiro atoms. The monoisotopic (exact) mass is 616 g/mol. The molecule has 3 N–H and O–H groups in total. The van der Waals surface area contributed by atoms with E-state index in [4.69, 9.17) is 0 Å². The molecule has 20 heavy (non-hydrogen) atoms. The highest BCUT2D eigenvalue weighted by Gasteiger charge is 2.52. The normalized spacial score (nSPS) is 25.9. The van der Waals surface area contributed by atoms with Crippen LogP contribution in [-0.2, 0) is 14.4 Å². The highest BCUT2D eigenvalue weighted by Crippen LogP contribution is 2.43. The summed E-state index contributed by atoms with van der Waals surface area (Å²) in [7, 11) is 1.45. The van der Waals surface area contributed by atoms with Crippen LogP contribution in [0, 0.1) is 0 Å². The summed E-state index contributed by atoms with van der Waals surface area (Å²) in [5, 5.41) is 14.5. The van der Waals surface area contributed by atoms with E-state index in [1.165, 1.54) is 14.0 Å². The van der Waals surface area contributed by atoms with Gasteiger partial charge in [0.2, 0.25) is 5.91 Å². The van der Waals surface area contributed by atoms with Crippen LogP contribution in [0.4, 0.5) is 0 Å². The van der Waals surface area contributed by atoms with Gasteiger partial charge in [0.15, 0.2) is 5.54 Å². The van der Waals surface area contributed by atoms with Crippen LogP contribution in [0.5, 0.6) is 0 Å². The fraction of sp³-hybridized carbons (Fsp3) is 0.364. The minimum Gasteiger partial charge on any atom is -0.478 e. The Balaban J connectivity index is 3.54. The van der Waals surface area contributed by atoms with E-state index in [1.54, 1.807) is 6.08 Å². The van der Waals surface area contributed by atoms with Crippen molar-refractivity contribution in [2.24, 2.45) is 0 Å². The summed E-state index contributed by atoms with van der Waals surface area (Å²) in [6, 6.07) is 0. The fourth-order valence-corrected chi connectivity index (χ4v) is 6.87. The first kappa shape index (κ1) is 18.1. The summed E-state index contributed by atoms with van der Waals surface area (Å²) >= 11 is 5.76. The van der Waals surface area contributed by atoms with Crippen LogP contribution in [0.25, 0.3) is 0 Å². The quantitative estimate of drug-likeness (QED) is 0.332. The number of aliphatic carboxylic acids is 1. The van der Waals surface area contributed by atoms with Gasteiger partial charge in [-0.3, -0.25) is 9.59 Å². The summed E-state index contributed by atoms with van der Waals surface area (Å²) in [5.41, 5.74) is -1.30. The van der Waals surface area contributed by atoms with E-state index in [1.807, 2.05) is 67.8 Å². The lowest BCUT2D eigenvalue weighted by atomic mass is 9.85. The van der Waals surface area contributed by atoms with Crippen LogP contribution in [-0.4, -0.2) is 39.4 Å². The molecule has 2 amide bonds. The summed E-state index contributed by atoms with van der Waals surface area (Å²) in [4.78, 5) is 35.2. The molecule has 0 aromatic heterocycles. The number of hydrogen-bond donors (Lipinski definition) is 3. The predicted molar refractivity (Wildman–Crippen MR) is 99.2 cm³/mol. The first-order valence-corrected chi connectivity index (χ1v) is 8.74. The second-order valence-corrected chi connectivity index (χ2v) is 7.56. The zero-order chi connectivity index (χ0) is 15.7. The van der Waals surface area contributed by atoms with E-state index < -0.39 is 27.2 Å². The smallest absolute Gasteiger partial charge is 0.333 e. The van der Waals surface area contributed by atoms with Crippen molar-refractivity contribution in [2.45, 2.75) is 16.4 Å². The molecule has 0 saturated heterocycles. The van der Waals surface area contributed by atoms with Gasteiger partial charge in [0.05, 0.1) is 9.50 Å². The number of likely N-dealkylation sites (N-methyl/N-ethyl adjacent to an activating group) is 1. The number of hydrogen-bond acceptors (Lipinski definition) is 3. The predicted octanol–water partition coefficient (Wildman–Crippen LogP) is 1.52. The van der Waals surface area contributed by atoms with Crippen molar-refractivity contribution in [1.82, 2.24) is 10.6 Å². The molecule has 0 heterocycles. The van der Waals surface area contributed by atoms with E-state index in [2.05, 4.69) is 10.6 Å². The molecular weight excluding hydrogens is 605 g/mol. The van der Waals surface area contributed by atoms with Crippen molar-refractivity contribution in [2.75, 3.05) is 7.05 Å². The lowest BCUT2D eigenvalue weighted by Crippen LogP contribution is -2.65. The molecule has 0 aromatic rings. The van der Waals surface area contributed by atoms with Crippen molar-refractivity contribution in [3.63, 3.8) is 0 Å². The third kappa shape index (κ3) is 3.13. The molecule has 110 valence electrons. The molecule has 0 saturated carbocycles. The second-order valence-electron chi connectivity index (χ2n) is 3.99. The van der Waals surface area contributed by atoms with Gasteiger partial charge in [-0.2, -0.15) is 0 Å². The Labute approximate surface area is 156 Å². The Morgan fingerprint density at radius 1 is 1.35 bits per heavy atom. The van der Waals surface area contributed by atoms with Crippen molar-refractivity contribution in [1.29, 1.82) is 0 Å². The van der Waals surface area contributed by atoms with E-state index >= 15 is 0 Å². The van der Waals surface area contributed by atoms with Gasteiger partial charge in [-0.05, 0) is 51.3 Å². The molecule has 6 nitrogen and oxygen atoms in total. The standard InChI is InChI=1S/C11H11I3N2O4/c1-4(17)16-11(10(20)15-2)6(13)3-5(12)7(8(11)14)9(18)19/h3,8H,1-2H3,(H,15,20)(H,16,17)(H,18,19). The number of alkyl halides is 1. The van der Waals surface area contributed by atoms with Crippen molar-refractivity contribution < 1.29 is 19.5 Å². The number of allylic oxidation sites excluding steroid dienone is 2. The Kier molecular flexibility index (Phi) is 6.25. The number of carboxylic acids is 1.